The number of hydrogen-bond donors (Lipinski definition) is 0. The summed E-state index contributed by atoms with van der Waals surface area (Å²) in [5.74, 6) is -0.317. The van der Waals surface area contributed by atoms with Crippen molar-refractivity contribution in [1.82, 2.24) is 0 Å². The van der Waals surface area contributed by atoms with Crippen LogP contribution in [-0.2, 0) is 4.74 Å². The van der Waals surface area contributed by atoms with Gasteiger partial charge >= 0.3 is 5.97 Å². The predicted octanol–water partition coefficient (Wildman–Crippen LogP) is 3.85. The van der Waals surface area contributed by atoms with Crippen LogP contribution in [0.4, 0.5) is 0 Å². The molecule has 0 aliphatic heterocycles. The first-order valence-electron chi connectivity index (χ1n) is 5.09. The molecule has 15 heavy (non-hydrogen) atoms. The zero-order chi connectivity index (χ0) is 11.8. The molecule has 1 rings (SSSR count). The highest BCUT2D eigenvalue weighted by molar-refractivity contribution is 6.31. The van der Waals surface area contributed by atoms with Gasteiger partial charge < -0.3 is 4.74 Å². The summed E-state index contributed by atoms with van der Waals surface area (Å²) < 4.78 is 4.87. The van der Waals surface area contributed by atoms with Gasteiger partial charge in [-0.3, -0.25) is 0 Å². The van der Waals surface area contributed by atoms with E-state index in [4.69, 9.17) is 16.3 Å². The number of carbonyl (C=O) groups is 1. The maximum absolute atomic E-state index is 11.3. The summed E-state index contributed by atoms with van der Waals surface area (Å²) in [4.78, 5) is 11.3. The molecule has 0 saturated carbocycles. The average molecular weight is 229 g/mol. The minimum Gasteiger partial charge on any atom is -0.462 e. The molecule has 0 radical (unpaired) electrons. The number of ether oxygens (including phenoxy) is 1. The van der Waals surface area contributed by atoms with E-state index in [-0.39, 0.29) is 5.97 Å². The Balaban J connectivity index is 0.000000921. The van der Waals surface area contributed by atoms with Gasteiger partial charge in [-0.25, -0.2) is 4.79 Å². The molecule has 0 aliphatic rings. The molecule has 0 unspecified atom stereocenters. The first kappa shape index (κ1) is 14.0. The van der Waals surface area contributed by atoms with Crippen molar-refractivity contribution in [2.75, 3.05) is 6.61 Å². The van der Waals surface area contributed by atoms with Crippen molar-refractivity contribution in [3.8, 4) is 0 Å². The van der Waals surface area contributed by atoms with Crippen molar-refractivity contribution >= 4 is 17.6 Å². The maximum Gasteiger partial charge on any atom is 0.338 e. The molecule has 1 aromatic rings. The lowest BCUT2D eigenvalue weighted by Gasteiger charge is -2.05. The van der Waals surface area contributed by atoms with Crippen LogP contribution in [0.25, 0.3) is 0 Å². The summed E-state index contributed by atoms with van der Waals surface area (Å²) in [5, 5.41) is 0.588. The Morgan fingerprint density at radius 1 is 1.40 bits per heavy atom. The summed E-state index contributed by atoms with van der Waals surface area (Å²) in [6.45, 7) is 7.96. The first-order chi connectivity index (χ1) is 7.16. The van der Waals surface area contributed by atoms with E-state index in [1.807, 2.05) is 13.8 Å². The molecule has 0 aromatic heterocycles. The maximum atomic E-state index is 11.3. The van der Waals surface area contributed by atoms with Crippen molar-refractivity contribution < 1.29 is 9.53 Å². The minimum atomic E-state index is -0.317. The second-order valence-electron chi connectivity index (χ2n) is 2.63. The Labute approximate surface area is 96.2 Å². The standard InChI is InChI=1S/C10H11ClO2.C2H6/c1-3-13-10(12)8-5-4-6-9(11)7(8)2;1-2/h4-6H,3H2,1-2H3;1-2H3. The Morgan fingerprint density at radius 3 is 2.53 bits per heavy atom. The van der Waals surface area contributed by atoms with E-state index >= 15 is 0 Å². The Bertz CT molecular complexity index is 321. The second kappa shape index (κ2) is 7.30. The van der Waals surface area contributed by atoms with Crippen molar-refractivity contribution in [2.45, 2.75) is 27.7 Å². The molecule has 1 aromatic carbocycles. The molecule has 0 atom stereocenters. The highest BCUT2D eigenvalue weighted by atomic mass is 35.5. The molecule has 0 N–H and O–H groups in total. The van der Waals surface area contributed by atoms with Crippen LogP contribution in [0.3, 0.4) is 0 Å². The molecule has 0 spiro atoms. The van der Waals surface area contributed by atoms with E-state index in [1.165, 1.54) is 0 Å². The van der Waals surface area contributed by atoms with E-state index in [9.17, 15) is 4.79 Å². The lowest BCUT2D eigenvalue weighted by Crippen LogP contribution is -2.06. The molecule has 0 aliphatic carbocycles. The summed E-state index contributed by atoms with van der Waals surface area (Å²) in [5.41, 5.74) is 1.30. The van der Waals surface area contributed by atoms with Crippen molar-refractivity contribution in [3.05, 3.63) is 34.3 Å². The van der Waals surface area contributed by atoms with Gasteiger partial charge in [-0.2, -0.15) is 0 Å². The predicted molar refractivity (Wildman–Crippen MR) is 63.5 cm³/mol. The largest absolute Gasteiger partial charge is 0.462 e. The second-order valence-corrected chi connectivity index (χ2v) is 3.04. The monoisotopic (exact) mass is 228 g/mol. The molecular weight excluding hydrogens is 212 g/mol. The number of hydrogen-bond acceptors (Lipinski definition) is 2. The summed E-state index contributed by atoms with van der Waals surface area (Å²) in [6, 6.07) is 5.19. The van der Waals surface area contributed by atoms with Crippen LogP contribution in [0.5, 0.6) is 0 Å². The molecule has 0 amide bonds. The van der Waals surface area contributed by atoms with Crippen molar-refractivity contribution in [3.63, 3.8) is 0 Å². The van der Waals surface area contributed by atoms with Crippen LogP contribution >= 0.6 is 11.6 Å². The third-order valence-electron chi connectivity index (χ3n) is 1.76. The van der Waals surface area contributed by atoms with E-state index in [0.717, 1.165) is 5.56 Å². The Kier molecular flexibility index (Phi) is 6.80. The van der Waals surface area contributed by atoms with Gasteiger partial charge in [-0.1, -0.05) is 31.5 Å². The van der Waals surface area contributed by atoms with Crippen LogP contribution in [0.15, 0.2) is 18.2 Å². The molecule has 0 bridgehead atoms. The number of esters is 1. The topological polar surface area (TPSA) is 26.3 Å². The minimum absolute atomic E-state index is 0.317. The fourth-order valence-corrected chi connectivity index (χ4v) is 1.21. The molecular formula is C12H17ClO2. The number of halogens is 1. The molecule has 0 heterocycles. The zero-order valence-corrected chi connectivity index (χ0v) is 10.4. The molecule has 0 saturated heterocycles. The fourth-order valence-electron chi connectivity index (χ4n) is 1.04. The first-order valence-corrected chi connectivity index (χ1v) is 5.46. The smallest absolute Gasteiger partial charge is 0.338 e. The van der Waals surface area contributed by atoms with Crippen LogP contribution in [0, 0.1) is 6.92 Å². The van der Waals surface area contributed by atoms with E-state index in [1.54, 1.807) is 32.0 Å². The third-order valence-corrected chi connectivity index (χ3v) is 2.17. The van der Waals surface area contributed by atoms with Crippen LogP contribution in [0.2, 0.25) is 5.02 Å². The Morgan fingerprint density at radius 2 is 2.00 bits per heavy atom. The lowest BCUT2D eigenvalue weighted by molar-refractivity contribution is 0.0525. The fraction of sp³-hybridized carbons (Fsp3) is 0.417. The van der Waals surface area contributed by atoms with Crippen LogP contribution in [-0.4, -0.2) is 12.6 Å². The molecule has 0 fully saturated rings. The summed E-state index contributed by atoms with van der Waals surface area (Å²) >= 11 is 5.85. The van der Waals surface area contributed by atoms with Gasteiger partial charge in [0.2, 0.25) is 0 Å². The molecule has 84 valence electrons. The Hall–Kier alpha value is -1.02. The quantitative estimate of drug-likeness (QED) is 0.719. The SMILES string of the molecule is CC.CCOC(=O)c1cccc(Cl)c1C. The van der Waals surface area contributed by atoms with Crippen molar-refractivity contribution in [1.29, 1.82) is 0 Å². The molecule has 2 nitrogen and oxygen atoms in total. The number of rotatable bonds is 2. The van der Waals surface area contributed by atoms with Crippen LogP contribution < -0.4 is 0 Å². The van der Waals surface area contributed by atoms with Crippen molar-refractivity contribution in [2.24, 2.45) is 0 Å². The van der Waals surface area contributed by atoms with E-state index < -0.39 is 0 Å². The highest BCUT2D eigenvalue weighted by Crippen LogP contribution is 2.19. The van der Waals surface area contributed by atoms with Gasteiger partial charge in [0.15, 0.2) is 0 Å². The normalized spacial score (nSPS) is 8.87. The van der Waals surface area contributed by atoms with E-state index in [0.29, 0.717) is 17.2 Å². The van der Waals surface area contributed by atoms with Gasteiger partial charge in [0.25, 0.3) is 0 Å². The molecule has 3 heteroatoms. The number of benzene rings is 1. The van der Waals surface area contributed by atoms with Gasteiger partial charge in [0, 0.05) is 5.02 Å². The lowest BCUT2D eigenvalue weighted by atomic mass is 10.1. The zero-order valence-electron chi connectivity index (χ0n) is 9.63. The summed E-state index contributed by atoms with van der Waals surface area (Å²) in [7, 11) is 0. The van der Waals surface area contributed by atoms with Gasteiger partial charge in [-0.15, -0.1) is 0 Å². The average Bonchev–Trinajstić information content (AvgIpc) is 2.25. The van der Waals surface area contributed by atoms with Gasteiger partial charge in [0.1, 0.15) is 0 Å². The van der Waals surface area contributed by atoms with Gasteiger partial charge in [-0.05, 0) is 31.5 Å². The third kappa shape index (κ3) is 3.92. The summed E-state index contributed by atoms with van der Waals surface area (Å²) in [6.07, 6.45) is 0. The van der Waals surface area contributed by atoms with E-state index in [2.05, 4.69) is 0 Å². The van der Waals surface area contributed by atoms with Crippen LogP contribution in [0.1, 0.15) is 36.7 Å². The van der Waals surface area contributed by atoms with Gasteiger partial charge in [0.05, 0.1) is 12.2 Å². The highest BCUT2D eigenvalue weighted by Gasteiger charge is 2.10. The number of carbonyl (C=O) groups excluding carboxylic acids is 1.